The Bertz CT molecular complexity index is 1190. The number of anilines is 1. The zero-order valence-electron chi connectivity index (χ0n) is 27.0. The molecule has 0 radical (unpaired) electrons. The average Bonchev–Trinajstić information content (AvgIpc) is 3.03. The number of likely N-dealkylation sites (N-methyl/N-ethyl adjacent to an activating group) is 1. The van der Waals surface area contributed by atoms with Gasteiger partial charge in [0.2, 0.25) is 0 Å². The molecule has 2 aliphatic rings. The highest BCUT2D eigenvalue weighted by Crippen LogP contribution is 2.29. The van der Waals surface area contributed by atoms with E-state index in [4.69, 9.17) is 9.47 Å². The summed E-state index contributed by atoms with van der Waals surface area (Å²) in [6.45, 7) is 8.80. The van der Waals surface area contributed by atoms with Crippen LogP contribution in [0.1, 0.15) is 92.9 Å². The van der Waals surface area contributed by atoms with Crippen LogP contribution in [0.4, 0.5) is 5.69 Å². The van der Waals surface area contributed by atoms with Gasteiger partial charge in [-0.1, -0.05) is 26.2 Å². The van der Waals surface area contributed by atoms with Crippen molar-refractivity contribution in [1.82, 2.24) is 14.8 Å². The second-order valence-corrected chi connectivity index (χ2v) is 12.9. The van der Waals surface area contributed by atoms with E-state index in [0.717, 1.165) is 38.3 Å². The van der Waals surface area contributed by atoms with Gasteiger partial charge in [-0.3, -0.25) is 14.6 Å². The van der Waals surface area contributed by atoms with E-state index >= 15 is 0 Å². The van der Waals surface area contributed by atoms with Gasteiger partial charge >= 0.3 is 0 Å². The van der Waals surface area contributed by atoms with Gasteiger partial charge in [0, 0.05) is 55.8 Å². The number of carbonyl (C=O) groups excluding carboxylic acids is 2. The number of ether oxygens (including phenoxy) is 2. The number of nitrogens with one attached hydrogen (secondary N) is 1. The van der Waals surface area contributed by atoms with Crippen LogP contribution in [0.3, 0.4) is 0 Å². The van der Waals surface area contributed by atoms with Gasteiger partial charge < -0.3 is 29.7 Å². The number of rotatable bonds is 8. The number of hydrogen-bond donors (Lipinski definition) is 2. The lowest BCUT2D eigenvalue weighted by molar-refractivity contribution is -0.0190. The van der Waals surface area contributed by atoms with Crippen LogP contribution in [0.25, 0.3) is 0 Å². The minimum absolute atomic E-state index is 0.0302. The van der Waals surface area contributed by atoms with Crippen LogP contribution in [0.5, 0.6) is 5.75 Å². The van der Waals surface area contributed by atoms with Crippen LogP contribution in [-0.2, 0) is 4.74 Å². The van der Waals surface area contributed by atoms with Crippen LogP contribution in [-0.4, -0.2) is 89.9 Å². The van der Waals surface area contributed by atoms with E-state index in [0.29, 0.717) is 35.7 Å². The molecule has 1 aromatic carbocycles. The first-order valence-electron chi connectivity index (χ1n) is 16.5. The third kappa shape index (κ3) is 9.74. The van der Waals surface area contributed by atoms with Crippen molar-refractivity contribution >= 4 is 17.5 Å². The summed E-state index contributed by atoms with van der Waals surface area (Å²) in [4.78, 5) is 35.3. The molecular formula is C35H52N4O5. The molecule has 9 nitrogen and oxygen atoms in total. The van der Waals surface area contributed by atoms with Gasteiger partial charge in [-0.15, -0.1) is 0 Å². The number of aliphatic hydroxyl groups is 1. The quantitative estimate of drug-likeness (QED) is 0.400. The Balaban J connectivity index is 1.59. The van der Waals surface area contributed by atoms with Crippen molar-refractivity contribution in [3.8, 4) is 5.75 Å². The second kappa shape index (κ2) is 16.9. The summed E-state index contributed by atoms with van der Waals surface area (Å²) in [5.74, 6) is 0.710. The number of carbonyl (C=O) groups is 2. The molecule has 2 N–H and O–H groups in total. The standard InChI is InChI=1S/C35H52N4O5/c1-25-21-39(26(2)24-40)35(42)31-20-30(37-34(41)29-15-17-36-18-16-29)13-14-32(31)44-27(3)10-8-9-19-43-33(25)23-38(4)22-28-11-6-5-7-12-28/h13-18,20,25-28,33,40H,5-12,19,21-24H2,1-4H3,(H,37,41)/t25-,26-,27-,33-/m0/s1. The van der Waals surface area contributed by atoms with E-state index in [-0.39, 0.29) is 36.5 Å². The molecule has 4 rings (SSSR count). The summed E-state index contributed by atoms with van der Waals surface area (Å²) < 4.78 is 12.8. The van der Waals surface area contributed by atoms with E-state index in [1.165, 1.54) is 32.1 Å². The highest BCUT2D eigenvalue weighted by molar-refractivity contribution is 6.05. The maximum absolute atomic E-state index is 14.3. The summed E-state index contributed by atoms with van der Waals surface area (Å²) in [7, 11) is 2.19. The summed E-state index contributed by atoms with van der Waals surface area (Å²) in [5.41, 5.74) is 1.33. The third-order valence-electron chi connectivity index (χ3n) is 9.04. The molecule has 1 aliphatic heterocycles. The Kier molecular flexibility index (Phi) is 13.0. The molecule has 2 aromatic rings. The van der Waals surface area contributed by atoms with Gasteiger partial charge in [0.1, 0.15) is 5.75 Å². The van der Waals surface area contributed by atoms with Crippen LogP contribution in [0, 0.1) is 11.8 Å². The SMILES string of the molecule is C[C@H]1CCCCO[C@@H](CN(C)CC2CCCCC2)[C@@H](C)CN([C@@H](C)CO)C(=O)c2cc(NC(=O)c3ccncc3)ccc2O1. The number of aromatic nitrogens is 1. The lowest BCUT2D eigenvalue weighted by atomic mass is 9.89. The number of pyridine rings is 1. The van der Waals surface area contributed by atoms with Crippen LogP contribution in [0.2, 0.25) is 0 Å². The average molecular weight is 609 g/mol. The molecule has 0 spiro atoms. The van der Waals surface area contributed by atoms with E-state index in [2.05, 4.69) is 29.2 Å². The Hall–Kier alpha value is -3.01. The molecule has 1 aliphatic carbocycles. The first-order chi connectivity index (χ1) is 21.2. The van der Waals surface area contributed by atoms with Crippen molar-refractivity contribution < 1.29 is 24.2 Å². The minimum Gasteiger partial charge on any atom is -0.490 e. The van der Waals surface area contributed by atoms with Crippen molar-refractivity contribution in [2.24, 2.45) is 11.8 Å². The third-order valence-corrected chi connectivity index (χ3v) is 9.04. The van der Waals surface area contributed by atoms with Gasteiger partial charge in [0.05, 0.1) is 30.4 Å². The fourth-order valence-corrected chi connectivity index (χ4v) is 6.36. The monoisotopic (exact) mass is 608 g/mol. The maximum Gasteiger partial charge on any atom is 0.258 e. The predicted molar refractivity (Wildman–Crippen MR) is 173 cm³/mol. The molecule has 0 unspecified atom stereocenters. The Morgan fingerprint density at radius 2 is 1.80 bits per heavy atom. The zero-order chi connectivity index (χ0) is 31.5. The highest BCUT2D eigenvalue weighted by Gasteiger charge is 2.31. The van der Waals surface area contributed by atoms with Crippen LogP contribution < -0.4 is 10.1 Å². The molecule has 2 amide bonds. The molecule has 1 aromatic heterocycles. The summed E-state index contributed by atoms with van der Waals surface area (Å²) in [5, 5.41) is 13.1. The smallest absolute Gasteiger partial charge is 0.258 e. The fourth-order valence-electron chi connectivity index (χ4n) is 6.36. The van der Waals surface area contributed by atoms with Crippen molar-refractivity contribution in [2.75, 3.05) is 45.2 Å². The first-order valence-corrected chi connectivity index (χ1v) is 16.5. The van der Waals surface area contributed by atoms with Gasteiger partial charge in [0.15, 0.2) is 0 Å². The van der Waals surface area contributed by atoms with Crippen LogP contribution in [0.15, 0.2) is 42.7 Å². The Morgan fingerprint density at radius 1 is 1.07 bits per heavy atom. The van der Waals surface area contributed by atoms with Crippen LogP contribution >= 0.6 is 0 Å². The van der Waals surface area contributed by atoms with E-state index in [9.17, 15) is 14.7 Å². The number of aliphatic hydroxyl groups excluding tert-OH is 1. The number of fused-ring (bicyclic) bond motifs is 1. The maximum atomic E-state index is 14.3. The molecule has 242 valence electrons. The Morgan fingerprint density at radius 3 is 2.52 bits per heavy atom. The largest absolute Gasteiger partial charge is 0.490 e. The van der Waals surface area contributed by atoms with Gasteiger partial charge in [0.25, 0.3) is 11.8 Å². The van der Waals surface area contributed by atoms with Crippen molar-refractivity contribution in [3.63, 3.8) is 0 Å². The zero-order valence-corrected chi connectivity index (χ0v) is 27.0. The lowest BCUT2D eigenvalue weighted by Gasteiger charge is -2.36. The number of amides is 2. The highest BCUT2D eigenvalue weighted by atomic mass is 16.5. The molecule has 9 heteroatoms. The van der Waals surface area contributed by atoms with Gasteiger partial charge in [-0.25, -0.2) is 0 Å². The van der Waals surface area contributed by atoms with E-state index in [1.807, 2.05) is 13.8 Å². The topological polar surface area (TPSA) is 104 Å². The summed E-state index contributed by atoms with van der Waals surface area (Å²) >= 11 is 0. The van der Waals surface area contributed by atoms with Crippen molar-refractivity contribution in [2.45, 2.75) is 90.4 Å². The van der Waals surface area contributed by atoms with Gasteiger partial charge in [-0.2, -0.15) is 0 Å². The molecule has 2 heterocycles. The Labute approximate surface area is 263 Å². The molecule has 4 atom stereocenters. The summed E-state index contributed by atoms with van der Waals surface area (Å²) in [6.07, 6.45) is 12.3. The number of benzene rings is 1. The second-order valence-electron chi connectivity index (χ2n) is 12.9. The van der Waals surface area contributed by atoms with Crippen molar-refractivity contribution in [1.29, 1.82) is 0 Å². The normalized spacial score (nSPS) is 23.4. The number of hydrogen-bond acceptors (Lipinski definition) is 7. The fraction of sp³-hybridized carbons (Fsp3) is 0.629. The predicted octanol–water partition coefficient (Wildman–Crippen LogP) is 5.64. The minimum atomic E-state index is -0.418. The van der Waals surface area contributed by atoms with E-state index < -0.39 is 6.04 Å². The first kappa shape index (κ1) is 33.9. The molecule has 44 heavy (non-hydrogen) atoms. The van der Waals surface area contributed by atoms with Gasteiger partial charge in [-0.05, 0) is 89.2 Å². The van der Waals surface area contributed by atoms with E-state index in [1.54, 1.807) is 47.6 Å². The summed E-state index contributed by atoms with van der Waals surface area (Å²) in [6, 6.07) is 8.07. The lowest BCUT2D eigenvalue weighted by Crippen LogP contribution is -2.47. The number of nitrogens with zero attached hydrogens (tertiary/aromatic N) is 3. The molecule has 1 saturated carbocycles. The van der Waals surface area contributed by atoms with Crippen molar-refractivity contribution in [3.05, 3.63) is 53.9 Å². The molecular weight excluding hydrogens is 556 g/mol. The molecule has 0 saturated heterocycles. The molecule has 1 fully saturated rings. The molecule has 0 bridgehead atoms.